The van der Waals surface area contributed by atoms with Crippen molar-refractivity contribution in [3.63, 3.8) is 0 Å². The summed E-state index contributed by atoms with van der Waals surface area (Å²) in [6.45, 7) is 2.13. The number of carbonyl (C=O) groups is 1. The third kappa shape index (κ3) is 3.27. The first kappa shape index (κ1) is 12.1. The summed E-state index contributed by atoms with van der Waals surface area (Å²) < 4.78 is 26.2. The lowest BCUT2D eigenvalue weighted by atomic mass is 10.2. The molecular formula is C10H10BrF2NO. The van der Waals surface area contributed by atoms with Crippen LogP contribution < -0.4 is 5.32 Å². The fraction of sp³-hybridized carbons (Fsp3) is 0.300. The van der Waals surface area contributed by atoms with E-state index < -0.39 is 23.1 Å². The van der Waals surface area contributed by atoms with Crippen LogP contribution in [0.4, 0.5) is 8.78 Å². The van der Waals surface area contributed by atoms with Gasteiger partial charge >= 0.3 is 0 Å². The third-order valence-electron chi connectivity index (χ3n) is 1.73. The maximum atomic E-state index is 13.1. The lowest BCUT2D eigenvalue weighted by Crippen LogP contribution is -2.29. The molecule has 0 bridgehead atoms. The van der Waals surface area contributed by atoms with E-state index in [4.69, 9.17) is 0 Å². The van der Waals surface area contributed by atoms with Crippen LogP contribution in [0.15, 0.2) is 18.2 Å². The molecule has 0 heterocycles. The van der Waals surface area contributed by atoms with E-state index in [1.54, 1.807) is 0 Å². The summed E-state index contributed by atoms with van der Waals surface area (Å²) in [5, 5.41) is 2.41. The van der Waals surface area contributed by atoms with Gasteiger partial charge in [-0.25, -0.2) is 8.78 Å². The second-order valence-electron chi connectivity index (χ2n) is 3.09. The molecule has 82 valence electrons. The molecule has 1 N–H and O–H groups in total. The Labute approximate surface area is 94.8 Å². The molecule has 1 atom stereocenters. The van der Waals surface area contributed by atoms with Crippen LogP contribution in [0.25, 0.3) is 0 Å². The first-order valence-corrected chi connectivity index (χ1v) is 5.30. The minimum absolute atomic E-state index is 0.0521. The quantitative estimate of drug-likeness (QED) is 0.845. The first-order chi connectivity index (χ1) is 7.02. The second-order valence-corrected chi connectivity index (χ2v) is 4.65. The van der Waals surface area contributed by atoms with E-state index in [2.05, 4.69) is 21.2 Å². The van der Waals surface area contributed by atoms with Gasteiger partial charge in [-0.3, -0.25) is 4.79 Å². The van der Waals surface area contributed by atoms with E-state index >= 15 is 0 Å². The summed E-state index contributed by atoms with van der Waals surface area (Å²) >= 11 is 3.21. The van der Waals surface area contributed by atoms with Crippen LogP contribution in [0, 0.1) is 11.6 Å². The molecule has 15 heavy (non-hydrogen) atoms. The summed E-state index contributed by atoms with van der Waals surface area (Å²) in [4.78, 5) is 11.4. The van der Waals surface area contributed by atoms with Crippen LogP contribution in [-0.2, 0) is 0 Å². The van der Waals surface area contributed by atoms with Gasteiger partial charge in [0.2, 0.25) is 0 Å². The van der Waals surface area contributed by atoms with Crippen molar-refractivity contribution in [1.29, 1.82) is 0 Å². The number of nitrogens with one attached hydrogen (secondary N) is 1. The molecule has 0 saturated carbocycles. The molecule has 0 radical (unpaired) electrons. The summed E-state index contributed by atoms with van der Waals surface area (Å²) in [6, 6.07) is 3.32. The number of amides is 1. The van der Waals surface area contributed by atoms with E-state index in [1.807, 2.05) is 6.92 Å². The number of alkyl halides is 1. The predicted molar refractivity (Wildman–Crippen MR) is 57.1 cm³/mol. The molecule has 1 aromatic carbocycles. The highest BCUT2D eigenvalue weighted by atomic mass is 79.9. The van der Waals surface area contributed by atoms with E-state index in [0.717, 1.165) is 12.1 Å². The van der Waals surface area contributed by atoms with Crippen LogP contribution in [0.5, 0.6) is 0 Å². The van der Waals surface area contributed by atoms with Gasteiger partial charge in [0.1, 0.15) is 17.2 Å². The summed E-state index contributed by atoms with van der Waals surface area (Å²) in [5.74, 6) is -2.44. The largest absolute Gasteiger partial charge is 0.351 e. The van der Waals surface area contributed by atoms with Gasteiger partial charge in [0.05, 0.1) is 0 Å². The Hall–Kier alpha value is -0.970. The standard InChI is InChI=1S/C10H10BrF2NO/c1-6(11)5-14-10(15)9-7(12)3-2-4-8(9)13/h2-4,6H,5H2,1H3,(H,14,15). The lowest BCUT2D eigenvalue weighted by Gasteiger charge is -2.07. The van der Waals surface area contributed by atoms with Crippen molar-refractivity contribution >= 4 is 21.8 Å². The summed E-state index contributed by atoms with van der Waals surface area (Å²) in [7, 11) is 0. The molecule has 0 spiro atoms. The normalized spacial score (nSPS) is 12.3. The third-order valence-corrected chi connectivity index (χ3v) is 2.06. The predicted octanol–water partition coefficient (Wildman–Crippen LogP) is 2.48. The molecule has 1 rings (SSSR count). The SMILES string of the molecule is CC(Br)CNC(=O)c1c(F)cccc1F. The number of rotatable bonds is 3. The first-order valence-electron chi connectivity index (χ1n) is 4.38. The number of carbonyl (C=O) groups excluding carboxylic acids is 1. The average molecular weight is 278 g/mol. The van der Waals surface area contributed by atoms with Gasteiger partial charge in [-0.1, -0.05) is 28.9 Å². The Bertz CT molecular complexity index is 348. The van der Waals surface area contributed by atoms with Gasteiger partial charge in [0, 0.05) is 11.4 Å². The van der Waals surface area contributed by atoms with Crippen LogP contribution in [0.1, 0.15) is 17.3 Å². The smallest absolute Gasteiger partial charge is 0.257 e. The van der Waals surface area contributed by atoms with Gasteiger partial charge in [0.25, 0.3) is 5.91 Å². The van der Waals surface area contributed by atoms with Crippen molar-refractivity contribution in [1.82, 2.24) is 5.32 Å². The second kappa shape index (κ2) is 5.21. The lowest BCUT2D eigenvalue weighted by molar-refractivity contribution is 0.0946. The van der Waals surface area contributed by atoms with Crippen LogP contribution in [-0.4, -0.2) is 17.3 Å². The molecule has 5 heteroatoms. The summed E-state index contributed by atoms with van der Waals surface area (Å²) in [5.41, 5.74) is -0.536. The van der Waals surface area contributed by atoms with Crippen molar-refractivity contribution in [2.75, 3.05) is 6.54 Å². The van der Waals surface area contributed by atoms with Crippen molar-refractivity contribution in [3.05, 3.63) is 35.4 Å². The Balaban J connectivity index is 2.82. The summed E-state index contributed by atoms with van der Waals surface area (Å²) in [6.07, 6.45) is 0. The van der Waals surface area contributed by atoms with E-state index in [0.29, 0.717) is 6.54 Å². The highest BCUT2D eigenvalue weighted by molar-refractivity contribution is 9.09. The zero-order chi connectivity index (χ0) is 11.4. The molecule has 0 fully saturated rings. The Morgan fingerprint density at radius 1 is 1.47 bits per heavy atom. The van der Waals surface area contributed by atoms with Crippen molar-refractivity contribution < 1.29 is 13.6 Å². The van der Waals surface area contributed by atoms with Crippen molar-refractivity contribution in [3.8, 4) is 0 Å². The van der Waals surface area contributed by atoms with E-state index in [1.165, 1.54) is 6.07 Å². The van der Waals surface area contributed by atoms with E-state index in [-0.39, 0.29) is 4.83 Å². The fourth-order valence-electron chi connectivity index (χ4n) is 1.04. The highest BCUT2D eigenvalue weighted by Gasteiger charge is 2.16. The highest BCUT2D eigenvalue weighted by Crippen LogP contribution is 2.11. The van der Waals surface area contributed by atoms with Gasteiger partial charge in [0.15, 0.2) is 0 Å². The average Bonchev–Trinajstić information content (AvgIpc) is 2.14. The maximum Gasteiger partial charge on any atom is 0.257 e. The molecule has 1 aromatic rings. The zero-order valence-corrected chi connectivity index (χ0v) is 9.64. The van der Waals surface area contributed by atoms with Gasteiger partial charge in [-0.05, 0) is 12.1 Å². The van der Waals surface area contributed by atoms with Gasteiger partial charge < -0.3 is 5.32 Å². The Morgan fingerprint density at radius 3 is 2.47 bits per heavy atom. The van der Waals surface area contributed by atoms with Crippen molar-refractivity contribution in [2.24, 2.45) is 0 Å². The Morgan fingerprint density at radius 2 is 2.00 bits per heavy atom. The monoisotopic (exact) mass is 277 g/mol. The molecule has 0 saturated heterocycles. The maximum absolute atomic E-state index is 13.1. The number of benzene rings is 1. The molecule has 1 amide bonds. The van der Waals surface area contributed by atoms with Crippen LogP contribution >= 0.6 is 15.9 Å². The van der Waals surface area contributed by atoms with Crippen molar-refractivity contribution in [2.45, 2.75) is 11.8 Å². The molecular weight excluding hydrogens is 268 g/mol. The topological polar surface area (TPSA) is 29.1 Å². The Kier molecular flexibility index (Phi) is 4.20. The minimum Gasteiger partial charge on any atom is -0.351 e. The minimum atomic E-state index is -0.852. The van der Waals surface area contributed by atoms with Gasteiger partial charge in [-0.2, -0.15) is 0 Å². The van der Waals surface area contributed by atoms with Crippen LogP contribution in [0.3, 0.4) is 0 Å². The molecule has 0 aliphatic carbocycles. The van der Waals surface area contributed by atoms with Gasteiger partial charge in [-0.15, -0.1) is 0 Å². The number of hydrogen-bond donors (Lipinski definition) is 1. The fourth-order valence-corrected chi connectivity index (χ4v) is 1.20. The molecule has 2 nitrogen and oxygen atoms in total. The molecule has 1 unspecified atom stereocenters. The number of halogens is 3. The van der Waals surface area contributed by atoms with Crippen LogP contribution in [0.2, 0.25) is 0 Å². The zero-order valence-electron chi connectivity index (χ0n) is 8.06. The van der Waals surface area contributed by atoms with E-state index in [9.17, 15) is 13.6 Å². The molecule has 0 aliphatic heterocycles. The number of hydrogen-bond acceptors (Lipinski definition) is 1. The molecule has 0 aromatic heterocycles. The molecule has 0 aliphatic rings.